The molecule has 1 spiro atoms. The van der Waals surface area contributed by atoms with Crippen LogP contribution in [0.2, 0.25) is 0 Å². The normalized spacial score (nSPS) is 26.9. The van der Waals surface area contributed by atoms with E-state index in [0.717, 1.165) is 22.5 Å². The minimum atomic E-state index is -1.13. The highest BCUT2D eigenvalue weighted by Gasteiger charge is 2.78. The SMILES string of the molecule is C=CCN(C(=O)[C@@H]1[C@H]2C(=O)N(CCCCCO)C(C(=O)N(CC=C)c3c(C)cccc3C)C23CC[C@@]1(C)O3)c1ccccc1. The molecule has 3 fully saturated rings. The van der Waals surface area contributed by atoms with Gasteiger partial charge >= 0.3 is 0 Å². The Morgan fingerprint density at radius 1 is 0.955 bits per heavy atom. The first-order chi connectivity index (χ1) is 21.1. The van der Waals surface area contributed by atoms with Gasteiger partial charge in [-0.3, -0.25) is 14.4 Å². The van der Waals surface area contributed by atoms with Crippen molar-refractivity contribution in [3.63, 3.8) is 0 Å². The number of likely N-dealkylation sites (tertiary alicyclic amines) is 1. The highest BCUT2D eigenvalue weighted by molar-refractivity contribution is 6.07. The topological polar surface area (TPSA) is 90.4 Å². The molecular weight excluding hydrogens is 554 g/mol. The van der Waals surface area contributed by atoms with Crippen molar-refractivity contribution in [3.05, 3.63) is 85.0 Å². The van der Waals surface area contributed by atoms with Gasteiger partial charge in [0.15, 0.2) is 0 Å². The molecule has 234 valence electrons. The van der Waals surface area contributed by atoms with E-state index in [-0.39, 0.29) is 37.4 Å². The Kier molecular flexibility index (Phi) is 9.14. The Bertz CT molecular complexity index is 1410. The second kappa shape index (κ2) is 12.7. The summed E-state index contributed by atoms with van der Waals surface area (Å²) in [5.74, 6) is -2.16. The number of ether oxygens (including phenoxy) is 1. The lowest BCUT2D eigenvalue weighted by atomic mass is 9.66. The predicted octanol–water partition coefficient (Wildman–Crippen LogP) is 4.97. The zero-order valence-corrected chi connectivity index (χ0v) is 26.2. The Morgan fingerprint density at radius 3 is 2.25 bits per heavy atom. The van der Waals surface area contributed by atoms with Gasteiger partial charge in [0, 0.05) is 37.6 Å². The van der Waals surface area contributed by atoms with E-state index in [9.17, 15) is 19.5 Å². The van der Waals surface area contributed by atoms with Crippen molar-refractivity contribution in [1.29, 1.82) is 0 Å². The molecule has 5 atom stereocenters. The van der Waals surface area contributed by atoms with Crippen LogP contribution in [0.1, 0.15) is 50.2 Å². The molecule has 2 bridgehead atoms. The molecule has 2 unspecified atom stereocenters. The monoisotopic (exact) mass is 599 g/mol. The molecule has 3 amide bonds. The highest BCUT2D eigenvalue weighted by Crippen LogP contribution is 2.63. The number of aliphatic hydroxyl groups excluding tert-OH is 1. The number of nitrogens with zero attached hydrogens (tertiary/aromatic N) is 3. The summed E-state index contributed by atoms with van der Waals surface area (Å²) in [6, 6.07) is 14.4. The number of rotatable bonds is 13. The van der Waals surface area contributed by atoms with Crippen LogP contribution in [0.25, 0.3) is 0 Å². The van der Waals surface area contributed by atoms with Gasteiger partial charge in [0.1, 0.15) is 11.6 Å². The lowest BCUT2D eigenvalue weighted by Gasteiger charge is -2.37. The molecule has 0 radical (unpaired) electrons. The summed E-state index contributed by atoms with van der Waals surface area (Å²) in [6.07, 6.45) is 6.43. The third-order valence-corrected chi connectivity index (χ3v) is 9.77. The molecule has 2 aromatic carbocycles. The maximum atomic E-state index is 14.9. The van der Waals surface area contributed by atoms with Gasteiger partial charge in [0.2, 0.25) is 11.8 Å². The van der Waals surface area contributed by atoms with Crippen molar-refractivity contribution >= 4 is 29.1 Å². The molecule has 3 saturated heterocycles. The van der Waals surface area contributed by atoms with E-state index in [2.05, 4.69) is 13.2 Å². The third kappa shape index (κ3) is 5.18. The molecule has 0 aliphatic carbocycles. The number of hydrogen-bond donors (Lipinski definition) is 1. The number of anilines is 2. The van der Waals surface area contributed by atoms with Gasteiger partial charge in [0.05, 0.1) is 17.4 Å². The zero-order chi connectivity index (χ0) is 31.6. The molecule has 44 heavy (non-hydrogen) atoms. The van der Waals surface area contributed by atoms with Crippen LogP contribution in [0.5, 0.6) is 0 Å². The number of aliphatic hydroxyl groups is 1. The van der Waals surface area contributed by atoms with Crippen molar-refractivity contribution in [1.82, 2.24) is 4.90 Å². The molecule has 0 aromatic heterocycles. The Labute approximate surface area is 261 Å². The average Bonchev–Trinajstić information content (AvgIpc) is 3.57. The molecule has 8 nitrogen and oxygen atoms in total. The van der Waals surface area contributed by atoms with Crippen LogP contribution >= 0.6 is 0 Å². The quantitative estimate of drug-likeness (QED) is 0.260. The minimum absolute atomic E-state index is 0.0687. The number of unbranched alkanes of at least 4 members (excludes halogenated alkanes) is 2. The summed E-state index contributed by atoms with van der Waals surface area (Å²) in [6.45, 7) is 14.7. The number of carbonyl (C=O) groups is 3. The van der Waals surface area contributed by atoms with Gasteiger partial charge in [-0.15, -0.1) is 13.2 Å². The highest BCUT2D eigenvalue weighted by atomic mass is 16.5. The summed E-state index contributed by atoms with van der Waals surface area (Å²) in [5.41, 5.74) is 1.41. The first-order valence-electron chi connectivity index (χ1n) is 15.7. The van der Waals surface area contributed by atoms with Gasteiger partial charge in [-0.2, -0.15) is 0 Å². The number of carbonyl (C=O) groups excluding carboxylic acids is 3. The molecule has 5 rings (SSSR count). The van der Waals surface area contributed by atoms with Crippen molar-refractivity contribution < 1.29 is 24.2 Å². The molecule has 2 aromatic rings. The van der Waals surface area contributed by atoms with Crippen LogP contribution in [0.3, 0.4) is 0 Å². The fourth-order valence-corrected chi connectivity index (χ4v) is 7.92. The van der Waals surface area contributed by atoms with E-state index in [0.29, 0.717) is 38.6 Å². The summed E-state index contributed by atoms with van der Waals surface area (Å²) < 4.78 is 6.91. The number of fused-ring (bicyclic) bond motifs is 1. The van der Waals surface area contributed by atoms with Crippen LogP contribution in [0.4, 0.5) is 11.4 Å². The zero-order valence-electron chi connectivity index (χ0n) is 26.2. The second-order valence-electron chi connectivity index (χ2n) is 12.6. The van der Waals surface area contributed by atoms with Crippen molar-refractivity contribution in [2.45, 2.75) is 70.1 Å². The Balaban J connectivity index is 1.59. The summed E-state index contributed by atoms with van der Waals surface area (Å²) >= 11 is 0. The maximum absolute atomic E-state index is 14.9. The molecule has 0 saturated carbocycles. The minimum Gasteiger partial charge on any atom is -0.396 e. The van der Waals surface area contributed by atoms with Crippen molar-refractivity contribution in [2.75, 3.05) is 36.0 Å². The van der Waals surface area contributed by atoms with E-state index < -0.39 is 29.1 Å². The number of hydrogen-bond acceptors (Lipinski definition) is 5. The van der Waals surface area contributed by atoms with Gasteiger partial charge in [-0.1, -0.05) is 48.6 Å². The van der Waals surface area contributed by atoms with Crippen LogP contribution in [0.15, 0.2) is 73.8 Å². The maximum Gasteiger partial charge on any atom is 0.253 e. The van der Waals surface area contributed by atoms with E-state index in [1.54, 1.807) is 26.9 Å². The smallest absolute Gasteiger partial charge is 0.253 e. The van der Waals surface area contributed by atoms with Crippen LogP contribution in [-0.2, 0) is 19.1 Å². The second-order valence-corrected chi connectivity index (χ2v) is 12.6. The van der Waals surface area contributed by atoms with Crippen LogP contribution in [-0.4, -0.2) is 71.2 Å². The fraction of sp³-hybridized carbons (Fsp3) is 0.472. The third-order valence-electron chi connectivity index (χ3n) is 9.77. The predicted molar refractivity (Wildman–Crippen MR) is 172 cm³/mol. The van der Waals surface area contributed by atoms with Crippen LogP contribution < -0.4 is 9.80 Å². The summed E-state index contributed by atoms with van der Waals surface area (Å²) in [5, 5.41) is 9.37. The van der Waals surface area contributed by atoms with Gasteiger partial charge in [-0.05, 0) is 76.1 Å². The summed E-state index contributed by atoms with van der Waals surface area (Å²) in [7, 11) is 0. The first kappa shape index (κ1) is 31.7. The molecule has 3 heterocycles. The van der Waals surface area contributed by atoms with Gasteiger partial charge in [-0.25, -0.2) is 0 Å². The Hall–Kier alpha value is -3.75. The lowest BCUT2D eigenvalue weighted by Crippen LogP contribution is -2.57. The first-order valence-corrected chi connectivity index (χ1v) is 15.7. The number of para-hydroxylation sites is 2. The van der Waals surface area contributed by atoms with Crippen molar-refractivity contribution in [3.8, 4) is 0 Å². The molecule has 3 aliphatic rings. The summed E-state index contributed by atoms with van der Waals surface area (Å²) in [4.78, 5) is 49.1. The lowest BCUT2D eigenvalue weighted by molar-refractivity contribution is -0.144. The van der Waals surface area contributed by atoms with E-state index in [1.165, 1.54) is 0 Å². The van der Waals surface area contributed by atoms with Gasteiger partial charge < -0.3 is 24.5 Å². The van der Waals surface area contributed by atoms with E-state index >= 15 is 0 Å². The van der Waals surface area contributed by atoms with Crippen molar-refractivity contribution in [2.24, 2.45) is 11.8 Å². The standard InChI is InChI=1S/C36H45N3O5/c1-6-21-37(27-17-10-8-11-18-27)32(41)28-29-33(42)39(23-12-9-13-24-40)31(36(29)20-19-35(28,5)44-36)34(43)38(22-7-2)30-25(3)15-14-16-26(30)4/h6-8,10-11,14-18,28-29,31,40H,1-2,9,12-13,19-24H2,3-5H3/t28-,29-,31?,35+,36?/m0/s1. The van der Waals surface area contributed by atoms with Gasteiger partial charge in [0.25, 0.3) is 5.91 Å². The largest absolute Gasteiger partial charge is 0.396 e. The molecule has 1 N–H and O–H groups in total. The number of aryl methyl sites for hydroxylation is 2. The Morgan fingerprint density at radius 2 is 1.61 bits per heavy atom. The molecule has 8 heteroatoms. The number of benzene rings is 2. The number of amides is 3. The fourth-order valence-electron chi connectivity index (χ4n) is 7.92. The molecule has 3 aliphatic heterocycles. The van der Waals surface area contributed by atoms with Crippen LogP contribution in [0, 0.1) is 25.7 Å². The average molecular weight is 600 g/mol. The van der Waals surface area contributed by atoms with E-state index in [4.69, 9.17) is 4.74 Å². The van der Waals surface area contributed by atoms with E-state index in [1.807, 2.05) is 69.3 Å². The molecular formula is C36H45N3O5.